The van der Waals surface area contributed by atoms with E-state index in [4.69, 9.17) is 0 Å². The molecule has 2 aromatic rings. The number of aromatic amines is 1. The van der Waals surface area contributed by atoms with Crippen LogP contribution < -0.4 is 0 Å². The molecule has 0 atom stereocenters. The third-order valence-corrected chi connectivity index (χ3v) is 5.50. The number of nitrogens with zero attached hydrogens (tertiary/aromatic N) is 2. The smallest absolute Gasteiger partial charge is 0.0923 e. The van der Waals surface area contributed by atoms with E-state index in [2.05, 4.69) is 46.7 Å². The second-order valence-corrected chi connectivity index (χ2v) is 7.47. The average molecular weight is 436 g/mol. The van der Waals surface area contributed by atoms with Crippen molar-refractivity contribution < 1.29 is 0 Å². The van der Waals surface area contributed by atoms with Gasteiger partial charge in [0.15, 0.2) is 0 Å². The summed E-state index contributed by atoms with van der Waals surface area (Å²) < 4.78 is 2.50. The van der Waals surface area contributed by atoms with E-state index in [-0.39, 0.29) is 24.8 Å². The summed E-state index contributed by atoms with van der Waals surface area (Å²) in [6.45, 7) is 2.91. The number of rotatable bonds is 2. The quantitative estimate of drug-likeness (QED) is 0.760. The minimum absolute atomic E-state index is 0. The average Bonchev–Trinajstić information content (AvgIpc) is 2.90. The van der Waals surface area contributed by atoms with Crippen LogP contribution in [0.25, 0.3) is 0 Å². The van der Waals surface area contributed by atoms with Crippen molar-refractivity contribution in [3.8, 4) is 0 Å². The van der Waals surface area contributed by atoms with Gasteiger partial charge in [0, 0.05) is 25.8 Å². The Bertz CT molecular complexity index is 489. The van der Waals surface area contributed by atoms with E-state index in [0.29, 0.717) is 0 Å². The predicted octanol–water partition coefficient (Wildman–Crippen LogP) is 4.36. The molecule has 18 heavy (non-hydrogen) atoms. The van der Waals surface area contributed by atoms with Crippen molar-refractivity contribution in [1.82, 2.24) is 14.9 Å². The van der Waals surface area contributed by atoms with Gasteiger partial charge in [0.05, 0.1) is 19.6 Å². The fourth-order valence-electron chi connectivity index (χ4n) is 1.98. The first kappa shape index (κ1) is 16.5. The molecule has 8 heteroatoms. The van der Waals surface area contributed by atoms with Crippen LogP contribution in [0.5, 0.6) is 0 Å². The number of halogens is 4. The molecule has 100 valence electrons. The molecule has 1 aliphatic rings. The Hall–Kier alpha value is 0.410. The summed E-state index contributed by atoms with van der Waals surface area (Å²) in [6.07, 6.45) is 3.68. The summed E-state index contributed by atoms with van der Waals surface area (Å²) in [5.74, 6) is 0. The van der Waals surface area contributed by atoms with E-state index in [9.17, 15) is 0 Å². The van der Waals surface area contributed by atoms with Gasteiger partial charge in [0.25, 0.3) is 0 Å². The summed E-state index contributed by atoms with van der Waals surface area (Å²) in [5.41, 5.74) is 3.95. The normalized spacial score (nSPS) is 13.9. The summed E-state index contributed by atoms with van der Waals surface area (Å²) in [7, 11) is 0. The van der Waals surface area contributed by atoms with Crippen LogP contribution in [0, 0.1) is 0 Å². The lowest BCUT2D eigenvalue weighted by atomic mass is 10.2. The zero-order chi connectivity index (χ0) is 11.1. The van der Waals surface area contributed by atoms with Crippen LogP contribution in [0.4, 0.5) is 0 Å². The summed E-state index contributed by atoms with van der Waals surface area (Å²) >= 11 is 8.99. The molecule has 0 amide bonds. The third-order valence-electron chi connectivity index (χ3n) is 2.72. The van der Waals surface area contributed by atoms with E-state index in [0.717, 1.165) is 25.3 Å². The molecular formula is C10H11Br2Cl2N3S. The predicted molar refractivity (Wildman–Crippen MR) is 85.8 cm³/mol. The van der Waals surface area contributed by atoms with Gasteiger partial charge >= 0.3 is 0 Å². The molecule has 0 saturated heterocycles. The number of H-pyrrole nitrogens is 1. The van der Waals surface area contributed by atoms with Crippen molar-refractivity contribution >= 4 is 68.0 Å². The van der Waals surface area contributed by atoms with Gasteiger partial charge in [-0.3, -0.25) is 4.90 Å². The maximum absolute atomic E-state index is 4.25. The fraction of sp³-hybridized carbons (Fsp3) is 0.300. The molecule has 1 aliphatic heterocycles. The number of nitrogens with one attached hydrogen (secondary N) is 1. The van der Waals surface area contributed by atoms with Crippen molar-refractivity contribution in [2.75, 3.05) is 0 Å². The van der Waals surface area contributed by atoms with Gasteiger partial charge in [-0.25, -0.2) is 4.98 Å². The molecule has 0 saturated carbocycles. The number of thiophene rings is 1. The number of hydrogen-bond donors (Lipinski definition) is 1. The number of aromatic nitrogens is 2. The maximum Gasteiger partial charge on any atom is 0.0923 e. The van der Waals surface area contributed by atoms with Crippen LogP contribution in [0.3, 0.4) is 0 Å². The first-order valence-corrected chi connectivity index (χ1v) is 7.30. The summed E-state index contributed by atoms with van der Waals surface area (Å²) in [4.78, 5) is 9.63. The number of hydrogen-bond acceptors (Lipinski definition) is 3. The van der Waals surface area contributed by atoms with Gasteiger partial charge in [-0.05, 0) is 43.0 Å². The van der Waals surface area contributed by atoms with Crippen LogP contribution in [0.15, 0.2) is 20.1 Å². The maximum atomic E-state index is 4.25. The van der Waals surface area contributed by atoms with Crippen molar-refractivity contribution in [3.63, 3.8) is 0 Å². The molecule has 0 bridgehead atoms. The molecule has 0 radical (unpaired) electrons. The van der Waals surface area contributed by atoms with Crippen LogP contribution in [0.2, 0.25) is 0 Å². The van der Waals surface area contributed by atoms with Gasteiger partial charge in [0.1, 0.15) is 0 Å². The highest BCUT2D eigenvalue weighted by Gasteiger charge is 2.26. The Morgan fingerprint density at radius 1 is 1.22 bits per heavy atom. The summed E-state index contributed by atoms with van der Waals surface area (Å²) in [5, 5.41) is 0. The Morgan fingerprint density at radius 2 is 1.83 bits per heavy atom. The molecule has 0 fully saturated rings. The van der Waals surface area contributed by atoms with E-state index in [1.807, 2.05) is 6.20 Å². The van der Waals surface area contributed by atoms with Crippen LogP contribution in [-0.2, 0) is 19.6 Å². The highest BCUT2D eigenvalue weighted by atomic mass is 79.9. The van der Waals surface area contributed by atoms with Gasteiger partial charge < -0.3 is 4.98 Å². The van der Waals surface area contributed by atoms with Crippen LogP contribution in [-0.4, -0.2) is 14.9 Å². The largest absolute Gasteiger partial charge is 0.351 e. The summed E-state index contributed by atoms with van der Waals surface area (Å²) in [6, 6.07) is 0. The lowest BCUT2D eigenvalue weighted by Crippen LogP contribution is -2.16. The Labute approximate surface area is 138 Å². The third kappa shape index (κ3) is 3.11. The molecule has 1 N–H and O–H groups in total. The van der Waals surface area contributed by atoms with Gasteiger partial charge in [0.2, 0.25) is 0 Å². The van der Waals surface area contributed by atoms with E-state index < -0.39 is 0 Å². The Kier molecular flexibility index (Phi) is 6.15. The van der Waals surface area contributed by atoms with E-state index in [1.54, 1.807) is 17.7 Å². The molecule has 0 unspecified atom stereocenters. The Balaban J connectivity index is 0.000000810. The molecule has 3 rings (SSSR count). The van der Waals surface area contributed by atoms with Crippen molar-refractivity contribution in [2.45, 2.75) is 19.6 Å². The molecule has 0 aromatic carbocycles. The van der Waals surface area contributed by atoms with Crippen LogP contribution >= 0.6 is 68.0 Å². The zero-order valence-corrected chi connectivity index (χ0v) is 14.8. The molecule has 0 spiro atoms. The van der Waals surface area contributed by atoms with Crippen LogP contribution in [0.1, 0.15) is 16.8 Å². The van der Waals surface area contributed by atoms with E-state index in [1.165, 1.54) is 18.7 Å². The van der Waals surface area contributed by atoms with E-state index >= 15 is 0 Å². The minimum atomic E-state index is 0. The first-order chi connectivity index (χ1) is 7.74. The minimum Gasteiger partial charge on any atom is -0.351 e. The van der Waals surface area contributed by atoms with Gasteiger partial charge in [-0.2, -0.15) is 0 Å². The van der Waals surface area contributed by atoms with Gasteiger partial charge in [-0.15, -0.1) is 36.2 Å². The first-order valence-electron chi connectivity index (χ1n) is 4.89. The SMILES string of the molecule is Brc1sc(Br)c2c1CN(Cc1c[nH]cn1)C2.Cl.Cl. The molecule has 0 aliphatic carbocycles. The van der Waals surface area contributed by atoms with Crippen molar-refractivity contribution in [2.24, 2.45) is 0 Å². The molecule has 3 heterocycles. The van der Waals surface area contributed by atoms with Crippen molar-refractivity contribution in [3.05, 3.63) is 36.9 Å². The van der Waals surface area contributed by atoms with Gasteiger partial charge in [-0.1, -0.05) is 0 Å². The fourth-order valence-corrected chi connectivity index (χ4v) is 5.11. The second-order valence-electron chi connectivity index (χ2n) is 3.81. The lowest BCUT2D eigenvalue weighted by molar-refractivity contribution is 0.272. The monoisotopic (exact) mass is 433 g/mol. The molecule has 3 nitrogen and oxygen atoms in total. The lowest BCUT2D eigenvalue weighted by Gasteiger charge is -2.13. The highest BCUT2D eigenvalue weighted by molar-refractivity contribution is 9.12. The Morgan fingerprint density at radius 3 is 2.33 bits per heavy atom. The zero-order valence-electron chi connectivity index (χ0n) is 9.15. The number of fused-ring (bicyclic) bond motifs is 1. The number of imidazole rings is 1. The topological polar surface area (TPSA) is 31.9 Å². The van der Waals surface area contributed by atoms with Crippen molar-refractivity contribution in [1.29, 1.82) is 0 Å². The molecule has 2 aromatic heterocycles. The highest BCUT2D eigenvalue weighted by Crippen LogP contribution is 2.42. The standard InChI is InChI=1S/C10H9Br2N3S.2ClH/c11-9-7-3-15(2-6-1-13-5-14-6)4-8(7)10(12)16-9;;/h1,5H,2-4H2,(H,13,14);2*1H. The molecular weight excluding hydrogens is 425 g/mol. The second kappa shape index (κ2) is 6.72.